The van der Waals surface area contributed by atoms with Crippen molar-refractivity contribution in [1.29, 1.82) is 0 Å². The number of aromatic nitrogens is 4. The molecule has 0 amide bonds. The first-order valence-electron chi connectivity index (χ1n) is 8.03. The average molecular weight is 308 g/mol. The summed E-state index contributed by atoms with van der Waals surface area (Å²) in [5.41, 5.74) is 10.4. The van der Waals surface area contributed by atoms with Gasteiger partial charge in [0, 0.05) is 11.6 Å². The Bertz CT molecular complexity index is 834. The minimum Gasteiger partial charge on any atom is -0.368 e. The van der Waals surface area contributed by atoms with Crippen LogP contribution in [-0.2, 0) is 0 Å². The molecule has 0 saturated carbocycles. The Balaban J connectivity index is 1.76. The van der Waals surface area contributed by atoms with Gasteiger partial charge in [0.05, 0.1) is 6.33 Å². The molecule has 1 saturated heterocycles. The van der Waals surface area contributed by atoms with Crippen molar-refractivity contribution in [2.45, 2.75) is 25.8 Å². The van der Waals surface area contributed by atoms with Crippen LogP contribution in [0.4, 0.5) is 5.95 Å². The molecule has 3 aromatic rings. The Hall–Kier alpha value is -2.47. The minimum absolute atomic E-state index is 0.248. The predicted octanol–water partition coefficient (Wildman–Crippen LogP) is 2.76. The first-order valence-corrected chi connectivity index (χ1v) is 8.03. The van der Waals surface area contributed by atoms with Gasteiger partial charge in [0.1, 0.15) is 11.2 Å². The SMILES string of the molecule is C[C@@H](c1cccc(-c2nc(N)nc3nc[nH]c23)c1)N1CCCC1. The van der Waals surface area contributed by atoms with Crippen LogP contribution in [-0.4, -0.2) is 37.9 Å². The summed E-state index contributed by atoms with van der Waals surface area (Å²) in [7, 11) is 0. The number of nitrogens with zero attached hydrogens (tertiary/aromatic N) is 4. The highest BCUT2D eigenvalue weighted by Crippen LogP contribution is 2.30. The summed E-state index contributed by atoms with van der Waals surface area (Å²) in [5, 5.41) is 0. The topological polar surface area (TPSA) is 83.7 Å². The van der Waals surface area contributed by atoms with E-state index < -0.39 is 0 Å². The van der Waals surface area contributed by atoms with E-state index >= 15 is 0 Å². The van der Waals surface area contributed by atoms with Gasteiger partial charge in [0.25, 0.3) is 0 Å². The lowest BCUT2D eigenvalue weighted by atomic mass is 10.0. The average Bonchev–Trinajstić information content (AvgIpc) is 3.24. The number of benzene rings is 1. The van der Waals surface area contributed by atoms with Gasteiger partial charge in [-0.1, -0.05) is 18.2 Å². The number of nitrogens with one attached hydrogen (secondary N) is 1. The zero-order chi connectivity index (χ0) is 15.8. The van der Waals surface area contributed by atoms with Gasteiger partial charge >= 0.3 is 0 Å². The summed E-state index contributed by atoms with van der Waals surface area (Å²) in [6.07, 6.45) is 4.21. The molecule has 1 atom stereocenters. The first-order chi connectivity index (χ1) is 11.2. The number of nitrogens with two attached hydrogens (primary N) is 1. The number of nitrogen functional groups attached to an aromatic ring is 1. The predicted molar refractivity (Wildman–Crippen MR) is 90.8 cm³/mol. The Morgan fingerprint density at radius 3 is 2.87 bits per heavy atom. The standard InChI is InChI=1S/C17H20N6/c1-11(23-7-2-3-8-23)12-5-4-6-13(9-12)14-15-16(20-10-19-15)22-17(18)21-14/h4-6,9-11H,2-3,7-8H2,1H3,(H3,18,19,20,21,22)/t11-/m0/s1. The molecule has 4 rings (SSSR count). The maximum atomic E-state index is 5.83. The third-order valence-electron chi connectivity index (χ3n) is 4.63. The molecule has 0 spiro atoms. The van der Waals surface area contributed by atoms with E-state index in [0.717, 1.165) is 16.8 Å². The summed E-state index contributed by atoms with van der Waals surface area (Å²) in [6.45, 7) is 4.62. The van der Waals surface area contributed by atoms with Gasteiger partial charge in [-0.25, -0.2) is 9.97 Å². The van der Waals surface area contributed by atoms with Crippen LogP contribution in [0, 0.1) is 0 Å². The van der Waals surface area contributed by atoms with E-state index in [1.165, 1.54) is 31.5 Å². The van der Waals surface area contributed by atoms with Crippen molar-refractivity contribution in [3.05, 3.63) is 36.2 Å². The largest absolute Gasteiger partial charge is 0.368 e. The Kier molecular flexibility index (Phi) is 3.46. The van der Waals surface area contributed by atoms with Crippen LogP contribution in [0.2, 0.25) is 0 Å². The maximum absolute atomic E-state index is 5.83. The number of hydrogen-bond donors (Lipinski definition) is 2. The van der Waals surface area contributed by atoms with Crippen LogP contribution in [0.25, 0.3) is 22.4 Å². The van der Waals surface area contributed by atoms with Crippen LogP contribution >= 0.6 is 0 Å². The fraction of sp³-hybridized carbons (Fsp3) is 0.353. The third kappa shape index (κ3) is 2.55. The fourth-order valence-electron chi connectivity index (χ4n) is 3.34. The second kappa shape index (κ2) is 5.62. The van der Waals surface area contributed by atoms with Gasteiger partial charge in [-0.3, -0.25) is 4.90 Å². The lowest BCUT2D eigenvalue weighted by molar-refractivity contribution is 0.263. The Morgan fingerprint density at radius 2 is 2.04 bits per heavy atom. The molecule has 0 aliphatic carbocycles. The summed E-state index contributed by atoms with van der Waals surface area (Å²) in [5.74, 6) is 0.248. The molecule has 3 N–H and O–H groups in total. The zero-order valence-corrected chi connectivity index (χ0v) is 13.2. The van der Waals surface area contributed by atoms with E-state index in [-0.39, 0.29) is 5.95 Å². The normalized spacial score (nSPS) is 16.9. The van der Waals surface area contributed by atoms with Crippen LogP contribution in [0.3, 0.4) is 0 Å². The second-order valence-corrected chi connectivity index (χ2v) is 6.08. The van der Waals surface area contributed by atoms with Gasteiger partial charge in [-0.15, -0.1) is 0 Å². The first kappa shape index (κ1) is 14.1. The van der Waals surface area contributed by atoms with Crippen molar-refractivity contribution >= 4 is 17.1 Å². The van der Waals surface area contributed by atoms with Gasteiger partial charge in [-0.2, -0.15) is 4.98 Å². The third-order valence-corrected chi connectivity index (χ3v) is 4.63. The van der Waals surface area contributed by atoms with Gasteiger partial charge in [0.2, 0.25) is 5.95 Å². The summed E-state index contributed by atoms with van der Waals surface area (Å²) < 4.78 is 0. The molecule has 3 heterocycles. The van der Waals surface area contributed by atoms with Crippen molar-refractivity contribution in [2.24, 2.45) is 0 Å². The number of hydrogen-bond acceptors (Lipinski definition) is 5. The van der Waals surface area contributed by atoms with Gasteiger partial charge in [0.15, 0.2) is 5.65 Å². The Morgan fingerprint density at radius 1 is 1.22 bits per heavy atom. The van der Waals surface area contributed by atoms with Crippen molar-refractivity contribution in [3.63, 3.8) is 0 Å². The van der Waals surface area contributed by atoms with Crippen molar-refractivity contribution in [1.82, 2.24) is 24.8 Å². The molecule has 118 valence electrons. The van der Waals surface area contributed by atoms with E-state index in [4.69, 9.17) is 5.73 Å². The fourth-order valence-corrected chi connectivity index (χ4v) is 3.34. The van der Waals surface area contributed by atoms with Gasteiger partial charge < -0.3 is 10.7 Å². The highest BCUT2D eigenvalue weighted by atomic mass is 15.2. The number of fused-ring (bicyclic) bond motifs is 1. The lowest BCUT2D eigenvalue weighted by Crippen LogP contribution is -2.23. The number of anilines is 1. The molecule has 0 radical (unpaired) electrons. The quantitative estimate of drug-likeness (QED) is 0.777. The molecule has 1 aliphatic heterocycles. The van der Waals surface area contributed by atoms with Crippen molar-refractivity contribution in [3.8, 4) is 11.3 Å². The van der Waals surface area contributed by atoms with Gasteiger partial charge in [-0.05, 0) is 44.5 Å². The van der Waals surface area contributed by atoms with E-state index in [9.17, 15) is 0 Å². The molecule has 1 fully saturated rings. The second-order valence-electron chi connectivity index (χ2n) is 6.08. The zero-order valence-electron chi connectivity index (χ0n) is 13.2. The highest BCUT2D eigenvalue weighted by Gasteiger charge is 2.20. The molecule has 0 unspecified atom stereocenters. The van der Waals surface area contributed by atoms with Crippen LogP contribution < -0.4 is 5.73 Å². The maximum Gasteiger partial charge on any atom is 0.222 e. The van der Waals surface area contributed by atoms with Crippen molar-refractivity contribution in [2.75, 3.05) is 18.8 Å². The molecule has 23 heavy (non-hydrogen) atoms. The molecule has 6 nitrogen and oxygen atoms in total. The highest BCUT2D eigenvalue weighted by molar-refractivity contribution is 5.87. The van der Waals surface area contributed by atoms with E-state index in [1.54, 1.807) is 6.33 Å². The molecule has 1 aliphatic rings. The molecular weight excluding hydrogens is 288 g/mol. The monoisotopic (exact) mass is 308 g/mol. The molecular formula is C17H20N6. The number of likely N-dealkylation sites (tertiary alicyclic amines) is 1. The summed E-state index contributed by atoms with van der Waals surface area (Å²) in [4.78, 5) is 18.4. The van der Waals surface area contributed by atoms with E-state index in [0.29, 0.717) is 11.7 Å². The Labute approximate surface area is 134 Å². The van der Waals surface area contributed by atoms with Crippen LogP contribution in [0.15, 0.2) is 30.6 Å². The number of H-pyrrole nitrogens is 1. The smallest absolute Gasteiger partial charge is 0.222 e. The molecule has 0 bridgehead atoms. The van der Waals surface area contributed by atoms with E-state index in [2.05, 4.69) is 56.0 Å². The molecule has 1 aromatic carbocycles. The van der Waals surface area contributed by atoms with Crippen LogP contribution in [0.1, 0.15) is 31.4 Å². The van der Waals surface area contributed by atoms with Crippen molar-refractivity contribution < 1.29 is 0 Å². The number of rotatable bonds is 3. The minimum atomic E-state index is 0.248. The lowest BCUT2D eigenvalue weighted by Gasteiger charge is -2.24. The van der Waals surface area contributed by atoms with E-state index in [1.807, 2.05) is 0 Å². The summed E-state index contributed by atoms with van der Waals surface area (Å²) in [6, 6.07) is 8.93. The number of aromatic amines is 1. The van der Waals surface area contributed by atoms with Crippen LogP contribution in [0.5, 0.6) is 0 Å². The summed E-state index contributed by atoms with van der Waals surface area (Å²) >= 11 is 0. The molecule has 2 aromatic heterocycles. The molecule has 6 heteroatoms. The number of imidazole rings is 1.